The number of hydrogen-bond acceptors (Lipinski definition) is 3. The number of para-hydroxylation sites is 1. The van der Waals surface area contributed by atoms with E-state index in [-0.39, 0.29) is 5.91 Å². The molecule has 0 radical (unpaired) electrons. The Kier molecular flexibility index (Phi) is 6.18. The Morgan fingerprint density at radius 2 is 1.94 bits per heavy atom. The monoisotopic (exact) mass is 456 g/mol. The zero-order chi connectivity index (χ0) is 22.0. The number of rotatable bonds is 6. The second-order valence-electron chi connectivity index (χ2n) is 7.72. The summed E-state index contributed by atoms with van der Waals surface area (Å²) in [6.07, 6.45) is 5.15. The van der Waals surface area contributed by atoms with Gasteiger partial charge >= 0.3 is 0 Å². The first kappa shape index (κ1) is 21.6. The van der Waals surface area contributed by atoms with E-state index < -0.39 is 15.7 Å². The van der Waals surface area contributed by atoms with Crippen molar-refractivity contribution in [2.45, 2.75) is 30.3 Å². The van der Waals surface area contributed by atoms with Crippen LogP contribution in [0.15, 0.2) is 71.9 Å². The van der Waals surface area contributed by atoms with Crippen molar-refractivity contribution in [1.29, 1.82) is 0 Å². The highest BCUT2D eigenvalue weighted by Crippen LogP contribution is 2.28. The van der Waals surface area contributed by atoms with Gasteiger partial charge in [-0.3, -0.25) is 4.79 Å². The minimum atomic E-state index is -2.78. The molecular formula is C23H25ClN4O2S. The molecule has 2 aromatic carbocycles. The molecule has 31 heavy (non-hydrogen) atoms. The summed E-state index contributed by atoms with van der Waals surface area (Å²) in [4.78, 5) is 15.5. The molecular weight excluding hydrogens is 432 g/mol. The maximum absolute atomic E-state index is 13.5. The molecule has 162 valence electrons. The number of halogens is 1. The van der Waals surface area contributed by atoms with Gasteiger partial charge < -0.3 is 4.90 Å². The van der Waals surface area contributed by atoms with Crippen LogP contribution < -0.4 is 0 Å². The first-order valence-electron chi connectivity index (χ1n) is 10.1. The van der Waals surface area contributed by atoms with Crippen molar-refractivity contribution in [3.63, 3.8) is 0 Å². The maximum Gasteiger partial charge on any atom is 0.240 e. The highest BCUT2D eigenvalue weighted by atomic mass is 35.5. The molecule has 1 aromatic heterocycles. The van der Waals surface area contributed by atoms with E-state index >= 15 is 0 Å². The molecule has 1 fully saturated rings. The number of carbonyl (C=O) groups excluding carboxylic acids is 1. The molecule has 6 nitrogen and oxygen atoms in total. The van der Waals surface area contributed by atoms with Gasteiger partial charge in [0.1, 0.15) is 6.04 Å². The van der Waals surface area contributed by atoms with E-state index in [1.54, 1.807) is 51.4 Å². The van der Waals surface area contributed by atoms with E-state index in [4.69, 9.17) is 11.6 Å². The number of nitrogens with zero attached hydrogens (tertiary/aromatic N) is 4. The van der Waals surface area contributed by atoms with Crippen LogP contribution in [0.3, 0.4) is 0 Å². The molecule has 1 amide bonds. The van der Waals surface area contributed by atoms with Crippen molar-refractivity contribution in [3.05, 3.63) is 77.6 Å². The van der Waals surface area contributed by atoms with Gasteiger partial charge in [-0.2, -0.15) is 5.10 Å². The molecule has 2 heterocycles. The predicted molar refractivity (Wildman–Crippen MR) is 125 cm³/mol. The Balaban J connectivity index is 1.48. The fourth-order valence-electron chi connectivity index (χ4n) is 3.89. The third kappa shape index (κ3) is 4.54. The lowest BCUT2D eigenvalue weighted by molar-refractivity contribution is -0.133. The first-order valence-corrected chi connectivity index (χ1v) is 12.2. The summed E-state index contributed by atoms with van der Waals surface area (Å²) in [5.74, 6) is 3.93. The van der Waals surface area contributed by atoms with Crippen LogP contribution in [0.2, 0.25) is 5.02 Å². The average molecular weight is 457 g/mol. The number of carbonyl (C=O) groups is 1. The molecule has 2 unspecified atom stereocenters. The Morgan fingerprint density at radius 1 is 1.23 bits per heavy atom. The summed E-state index contributed by atoms with van der Waals surface area (Å²) in [6, 6.07) is 16.2. The van der Waals surface area contributed by atoms with E-state index in [0.29, 0.717) is 29.4 Å². The molecule has 1 aliphatic heterocycles. The molecule has 4 rings (SSSR count). The van der Waals surface area contributed by atoms with E-state index in [0.717, 1.165) is 17.7 Å². The van der Waals surface area contributed by atoms with Crippen LogP contribution in [-0.2, 0) is 21.0 Å². The van der Waals surface area contributed by atoms with Crippen LogP contribution in [-0.4, -0.2) is 54.6 Å². The summed E-state index contributed by atoms with van der Waals surface area (Å²) in [5, 5.41) is 4.97. The van der Waals surface area contributed by atoms with Crippen LogP contribution >= 0.6 is 11.6 Å². The molecule has 8 heteroatoms. The number of hydrogen-bond donors (Lipinski definition) is 0. The van der Waals surface area contributed by atoms with Gasteiger partial charge in [-0.15, -0.1) is 0 Å². The highest BCUT2D eigenvalue weighted by molar-refractivity contribution is 7.98. The third-order valence-corrected chi connectivity index (χ3v) is 7.96. The SMILES string of the molecule is C=S(=O)(c1ccc(Cl)cc1)N1CCCC1C(=O)N(C)Cc1cnn(-c2ccccc2)c1. The van der Waals surface area contributed by atoms with E-state index in [2.05, 4.69) is 11.0 Å². The second-order valence-corrected chi connectivity index (χ2v) is 10.4. The average Bonchev–Trinajstić information content (AvgIpc) is 3.44. The van der Waals surface area contributed by atoms with Crippen LogP contribution in [0.4, 0.5) is 0 Å². The molecule has 0 saturated carbocycles. The largest absolute Gasteiger partial charge is 0.340 e. The summed E-state index contributed by atoms with van der Waals surface area (Å²) in [7, 11) is -1.01. The Bertz CT molecular complexity index is 1160. The molecule has 0 aliphatic carbocycles. The van der Waals surface area contributed by atoms with E-state index in [9.17, 15) is 9.00 Å². The predicted octanol–water partition coefficient (Wildman–Crippen LogP) is 3.64. The van der Waals surface area contributed by atoms with E-state index in [1.807, 2.05) is 36.5 Å². The van der Waals surface area contributed by atoms with Gasteiger partial charge in [-0.25, -0.2) is 13.2 Å². The topological polar surface area (TPSA) is 58.4 Å². The summed E-state index contributed by atoms with van der Waals surface area (Å²) >= 11 is 5.97. The van der Waals surface area contributed by atoms with Crippen molar-refractivity contribution in [2.24, 2.45) is 0 Å². The second kappa shape index (κ2) is 8.86. The first-order chi connectivity index (χ1) is 14.9. The fourth-order valence-corrected chi connectivity index (χ4v) is 5.88. The van der Waals surface area contributed by atoms with Crippen molar-refractivity contribution in [1.82, 2.24) is 19.0 Å². The molecule has 3 aromatic rings. The quantitative estimate of drug-likeness (QED) is 0.532. The van der Waals surface area contributed by atoms with Gasteiger partial charge in [0.25, 0.3) is 0 Å². The van der Waals surface area contributed by atoms with Gasteiger partial charge in [0.15, 0.2) is 0 Å². The van der Waals surface area contributed by atoms with Crippen molar-refractivity contribution < 1.29 is 9.00 Å². The summed E-state index contributed by atoms with van der Waals surface area (Å²) in [6.45, 7) is 0.996. The molecule has 1 aliphatic rings. The molecule has 1 saturated heterocycles. The lowest BCUT2D eigenvalue weighted by atomic mass is 10.2. The summed E-state index contributed by atoms with van der Waals surface area (Å²) in [5.41, 5.74) is 1.89. The van der Waals surface area contributed by atoms with Gasteiger partial charge in [0.2, 0.25) is 5.91 Å². The highest BCUT2D eigenvalue weighted by Gasteiger charge is 2.37. The van der Waals surface area contributed by atoms with Crippen LogP contribution in [0.25, 0.3) is 5.69 Å². The molecule has 0 spiro atoms. The lowest BCUT2D eigenvalue weighted by Gasteiger charge is -2.30. The van der Waals surface area contributed by atoms with Gasteiger partial charge in [-0.1, -0.05) is 29.8 Å². The minimum Gasteiger partial charge on any atom is -0.340 e. The third-order valence-electron chi connectivity index (χ3n) is 5.50. The Labute approximate surface area is 188 Å². The number of aromatic nitrogens is 2. The number of amides is 1. The zero-order valence-corrected chi connectivity index (χ0v) is 18.9. The smallest absolute Gasteiger partial charge is 0.240 e. The van der Waals surface area contributed by atoms with Crippen molar-refractivity contribution >= 4 is 33.1 Å². The van der Waals surface area contributed by atoms with Crippen LogP contribution in [0.5, 0.6) is 0 Å². The molecule has 2 atom stereocenters. The van der Waals surface area contributed by atoms with E-state index in [1.165, 1.54) is 0 Å². The number of likely N-dealkylation sites (N-methyl/N-ethyl adjacent to an activating group) is 1. The standard InChI is InChI=1S/C23H25ClN4O2S/c1-26(16-18-15-25-27(17-18)20-7-4-3-5-8-20)23(29)22-9-6-14-28(22)31(2,30)21-12-10-19(24)11-13-21/h3-5,7-8,10-13,15,17,22H,2,6,9,14,16H2,1H3. The van der Waals surface area contributed by atoms with Crippen LogP contribution in [0, 0.1) is 0 Å². The Morgan fingerprint density at radius 3 is 2.65 bits per heavy atom. The van der Waals surface area contributed by atoms with Crippen molar-refractivity contribution in [2.75, 3.05) is 13.6 Å². The minimum absolute atomic E-state index is 0.0599. The molecule has 0 N–H and O–H groups in total. The normalized spacial score (nSPS) is 18.6. The lowest BCUT2D eigenvalue weighted by Crippen LogP contribution is -2.46. The summed E-state index contributed by atoms with van der Waals surface area (Å²) < 4.78 is 17.1. The maximum atomic E-state index is 13.5. The van der Waals surface area contributed by atoms with Crippen LogP contribution in [0.1, 0.15) is 18.4 Å². The van der Waals surface area contributed by atoms with Gasteiger partial charge in [0.05, 0.1) is 21.6 Å². The van der Waals surface area contributed by atoms with Gasteiger partial charge in [-0.05, 0) is 55.1 Å². The Hall–Kier alpha value is -2.61. The molecule has 0 bridgehead atoms. The fraction of sp³-hybridized carbons (Fsp3) is 0.261. The van der Waals surface area contributed by atoms with Crippen molar-refractivity contribution in [3.8, 4) is 5.69 Å². The number of benzene rings is 2. The zero-order valence-electron chi connectivity index (χ0n) is 17.4. The van der Waals surface area contributed by atoms with Gasteiger partial charge in [0, 0.05) is 41.8 Å².